The van der Waals surface area contributed by atoms with Gasteiger partial charge in [-0.15, -0.1) is 0 Å². The second-order valence-electron chi connectivity index (χ2n) is 4.85. The fourth-order valence-electron chi connectivity index (χ4n) is 1.73. The van der Waals surface area contributed by atoms with Crippen LogP contribution in [0, 0.1) is 5.92 Å². The predicted octanol–water partition coefficient (Wildman–Crippen LogP) is 1.95. The molecule has 0 spiro atoms. The molecular weight excluding hydrogens is 258 g/mol. The molecule has 0 radical (unpaired) electrons. The smallest absolute Gasteiger partial charge is 0.264 e. The molecule has 0 aliphatic carbocycles. The molecule has 20 heavy (non-hydrogen) atoms. The van der Waals surface area contributed by atoms with Crippen molar-refractivity contribution >= 4 is 5.91 Å². The quantitative estimate of drug-likeness (QED) is 0.870. The summed E-state index contributed by atoms with van der Waals surface area (Å²) in [6, 6.07) is 6.77. The van der Waals surface area contributed by atoms with E-state index in [1.54, 1.807) is 24.3 Å². The highest BCUT2D eigenvalue weighted by Crippen LogP contribution is 2.18. The second-order valence-corrected chi connectivity index (χ2v) is 4.85. The maximum Gasteiger partial charge on any atom is 0.264 e. The molecule has 0 atom stereocenters. The monoisotopic (exact) mass is 275 g/mol. The van der Waals surface area contributed by atoms with Crippen molar-refractivity contribution in [2.24, 2.45) is 11.7 Å². The van der Waals surface area contributed by atoms with Gasteiger partial charge in [0.05, 0.1) is 5.56 Å². The Morgan fingerprint density at radius 3 is 2.85 bits per heavy atom. The van der Waals surface area contributed by atoms with Crippen LogP contribution in [0.1, 0.15) is 35.9 Å². The van der Waals surface area contributed by atoms with Crippen molar-refractivity contribution in [3.63, 3.8) is 0 Å². The van der Waals surface area contributed by atoms with Gasteiger partial charge >= 0.3 is 0 Å². The molecule has 106 valence electrons. The third-order valence-corrected chi connectivity index (χ3v) is 2.60. The van der Waals surface area contributed by atoms with Crippen LogP contribution in [0.2, 0.25) is 0 Å². The lowest BCUT2D eigenvalue weighted by molar-refractivity contribution is 0.0995. The van der Waals surface area contributed by atoms with Crippen molar-refractivity contribution < 1.29 is 14.1 Å². The van der Waals surface area contributed by atoms with Crippen LogP contribution < -0.4 is 10.5 Å². The van der Waals surface area contributed by atoms with Gasteiger partial charge in [-0.05, 0) is 18.1 Å². The molecule has 0 bridgehead atoms. The molecule has 6 heteroatoms. The number of hydrogen-bond acceptors (Lipinski definition) is 5. The molecule has 1 aromatic carbocycles. The summed E-state index contributed by atoms with van der Waals surface area (Å²) in [5.74, 6) is 1.36. The number of para-hydroxylation sites is 1. The molecule has 0 saturated heterocycles. The van der Waals surface area contributed by atoms with Gasteiger partial charge in [0.15, 0.2) is 12.4 Å². The zero-order valence-electron chi connectivity index (χ0n) is 11.5. The first kappa shape index (κ1) is 14.0. The van der Waals surface area contributed by atoms with Gasteiger partial charge in [-0.1, -0.05) is 31.1 Å². The molecule has 0 unspecified atom stereocenters. The Morgan fingerprint density at radius 2 is 2.15 bits per heavy atom. The van der Waals surface area contributed by atoms with Gasteiger partial charge in [0.25, 0.3) is 11.8 Å². The molecule has 2 N–H and O–H groups in total. The maximum absolute atomic E-state index is 11.2. The van der Waals surface area contributed by atoms with Crippen molar-refractivity contribution in [3.8, 4) is 5.75 Å². The largest absolute Gasteiger partial charge is 0.483 e. The Bertz CT molecular complexity index is 593. The van der Waals surface area contributed by atoms with E-state index >= 15 is 0 Å². The molecular formula is C14H17N3O3. The number of carbonyl (C=O) groups excluding carboxylic acids is 1. The van der Waals surface area contributed by atoms with Crippen molar-refractivity contribution in [1.82, 2.24) is 10.1 Å². The van der Waals surface area contributed by atoms with Crippen LogP contribution in [-0.2, 0) is 13.0 Å². The molecule has 1 heterocycles. The molecule has 2 rings (SSSR count). The van der Waals surface area contributed by atoms with Crippen LogP contribution in [0.25, 0.3) is 0 Å². The number of rotatable bonds is 6. The molecule has 2 aromatic rings. The molecule has 0 fully saturated rings. The topological polar surface area (TPSA) is 91.2 Å². The molecule has 0 aliphatic heterocycles. The van der Waals surface area contributed by atoms with Crippen molar-refractivity contribution in [2.75, 3.05) is 0 Å². The number of carbonyl (C=O) groups is 1. The van der Waals surface area contributed by atoms with Crippen LogP contribution in [-0.4, -0.2) is 16.0 Å². The third kappa shape index (κ3) is 3.57. The van der Waals surface area contributed by atoms with Crippen LogP contribution >= 0.6 is 0 Å². The van der Waals surface area contributed by atoms with Gasteiger partial charge in [0.1, 0.15) is 5.75 Å². The van der Waals surface area contributed by atoms with E-state index in [4.69, 9.17) is 15.0 Å². The fourth-order valence-corrected chi connectivity index (χ4v) is 1.73. The zero-order valence-corrected chi connectivity index (χ0v) is 11.5. The van der Waals surface area contributed by atoms with Gasteiger partial charge in [-0.3, -0.25) is 4.79 Å². The minimum Gasteiger partial charge on any atom is -0.483 e. The molecule has 1 amide bonds. The fraction of sp³-hybridized carbons (Fsp3) is 0.357. The number of ether oxygens (including phenoxy) is 1. The summed E-state index contributed by atoms with van der Waals surface area (Å²) in [7, 11) is 0. The first-order chi connectivity index (χ1) is 9.56. The molecule has 6 nitrogen and oxygen atoms in total. The number of amides is 1. The van der Waals surface area contributed by atoms with Gasteiger partial charge in [0, 0.05) is 6.42 Å². The second kappa shape index (κ2) is 6.18. The van der Waals surface area contributed by atoms with E-state index in [1.807, 2.05) is 0 Å². The van der Waals surface area contributed by atoms with Crippen molar-refractivity contribution in [1.29, 1.82) is 0 Å². The molecule has 0 saturated carbocycles. The van der Waals surface area contributed by atoms with Crippen LogP contribution in [0.15, 0.2) is 28.8 Å². The summed E-state index contributed by atoms with van der Waals surface area (Å²) < 4.78 is 10.6. The Hall–Kier alpha value is -2.37. The Morgan fingerprint density at radius 1 is 1.40 bits per heavy atom. The number of nitrogens with two attached hydrogens (primary N) is 1. The van der Waals surface area contributed by atoms with E-state index in [2.05, 4.69) is 24.0 Å². The summed E-state index contributed by atoms with van der Waals surface area (Å²) in [5.41, 5.74) is 5.60. The van der Waals surface area contributed by atoms with E-state index < -0.39 is 5.91 Å². The highest BCUT2D eigenvalue weighted by Gasteiger charge is 2.12. The first-order valence-corrected chi connectivity index (χ1v) is 6.39. The van der Waals surface area contributed by atoms with Gasteiger partial charge in [0.2, 0.25) is 0 Å². The highest BCUT2D eigenvalue weighted by atomic mass is 16.5. The van der Waals surface area contributed by atoms with Gasteiger partial charge < -0.3 is 15.0 Å². The Balaban J connectivity index is 2.02. The Kier molecular flexibility index (Phi) is 4.34. The van der Waals surface area contributed by atoms with Crippen molar-refractivity contribution in [2.45, 2.75) is 26.9 Å². The lowest BCUT2D eigenvalue weighted by atomic mass is 10.1. The van der Waals surface area contributed by atoms with Crippen molar-refractivity contribution in [3.05, 3.63) is 41.5 Å². The predicted molar refractivity (Wildman–Crippen MR) is 72.1 cm³/mol. The average Bonchev–Trinajstić information content (AvgIpc) is 2.83. The van der Waals surface area contributed by atoms with E-state index in [1.165, 1.54) is 0 Å². The first-order valence-electron chi connectivity index (χ1n) is 6.39. The van der Waals surface area contributed by atoms with Crippen LogP contribution in [0.5, 0.6) is 5.75 Å². The SMILES string of the molecule is CC(C)Cc1noc(COc2ccccc2C(N)=O)n1. The highest BCUT2D eigenvalue weighted by molar-refractivity contribution is 5.95. The average molecular weight is 275 g/mol. The summed E-state index contributed by atoms with van der Waals surface area (Å²) in [5, 5.41) is 3.87. The van der Waals surface area contributed by atoms with E-state index in [9.17, 15) is 4.79 Å². The number of aromatic nitrogens is 2. The van der Waals surface area contributed by atoms with E-state index in [0.29, 0.717) is 28.9 Å². The lowest BCUT2D eigenvalue weighted by Crippen LogP contribution is -2.13. The summed E-state index contributed by atoms with van der Waals surface area (Å²) in [6.07, 6.45) is 0.751. The normalized spacial score (nSPS) is 10.8. The standard InChI is InChI=1S/C14H17N3O3/c1-9(2)7-12-16-13(20-17-12)8-19-11-6-4-3-5-10(11)14(15)18/h3-6,9H,7-8H2,1-2H3,(H2,15,18). The van der Waals surface area contributed by atoms with E-state index in [0.717, 1.165) is 6.42 Å². The minimum atomic E-state index is -0.536. The molecule has 1 aromatic heterocycles. The summed E-state index contributed by atoms with van der Waals surface area (Å²) in [4.78, 5) is 15.5. The number of benzene rings is 1. The number of nitrogens with zero attached hydrogens (tertiary/aromatic N) is 2. The zero-order chi connectivity index (χ0) is 14.5. The third-order valence-electron chi connectivity index (χ3n) is 2.60. The van der Waals surface area contributed by atoms with Crippen LogP contribution in [0.4, 0.5) is 0 Å². The van der Waals surface area contributed by atoms with E-state index in [-0.39, 0.29) is 6.61 Å². The van der Waals surface area contributed by atoms with Gasteiger partial charge in [-0.2, -0.15) is 4.98 Å². The summed E-state index contributed by atoms with van der Waals surface area (Å²) in [6.45, 7) is 4.26. The van der Waals surface area contributed by atoms with Crippen LogP contribution in [0.3, 0.4) is 0 Å². The Labute approximate surface area is 116 Å². The summed E-state index contributed by atoms with van der Waals surface area (Å²) >= 11 is 0. The number of hydrogen-bond donors (Lipinski definition) is 1. The van der Waals surface area contributed by atoms with Gasteiger partial charge in [-0.25, -0.2) is 0 Å². The lowest BCUT2D eigenvalue weighted by Gasteiger charge is -2.06. The molecule has 0 aliphatic rings. The maximum atomic E-state index is 11.2. The minimum absolute atomic E-state index is 0.107. The number of primary amides is 1.